The van der Waals surface area contributed by atoms with Gasteiger partial charge in [-0.25, -0.2) is 0 Å². The van der Waals surface area contributed by atoms with Crippen molar-refractivity contribution in [2.75, 3.05) is 18.8 Å². The van der Waals surface area contributed by atoms with Crippen LogP contribution in [0.15, 0.2) is 22.8 Å². The summed E-state index contributed by atoms with van der Waals surface area (Å²) in [5.74, 6) is 1.66. The molecular weight excluding hydrogens is 222 g/mol. The van der Waals surface area contributed by atoms with Gasteiger partial charge in [-0.3, -0.25) is 9.69 Å². The van der Waals surface area contributed by atoms with Crippen LogP contribution in [0.1, 0.15) is 24.4 Å². The van der Waals surface area contributed by atoms with Crippen molar-refractivity contribution in [3.05, 3.63) is 24.2 Å². The molecule has 2 atom stereocenters. The van der Waals surface area contributed by atoms with Crippen molar-refractivity contribution in [2.24, 2.45) is 0 Å². The first kappa shape index (κ1) is 11.7. The first-order chi connectivity index (χ1) is 7.68. The maximum absolute atomic E-state index is 11.9. The molecular formula is C12H17NO2S. The van der Waals surface area contributed by atoms with Gasteiger partial charge in [0, 0.05) is 23.6 Å². The van der Waals surface area contributed by atoms with Crippen LogP contribution in [0.4, 0.5) is 0 Å². The lowest BCUT2D eigenvalue weighted by Crippen LogP contribution is -2.46. The van der Waals surface area contributed by atoms with Crippen LogP contribution >= 0.6 is 11.8 Å². The Balaban J connectivity index is 1.96. The molecule has 1 aromatic rings. The molecule has 16 heavy (non-hydrogen) atoms. The molecule has 1 aliphatic heterocycles. The largest absolute Gasteiger partial charge is 0.461 e. The Bertz CT molecular complexity index is 350. The van der Waals surface area contributed by atoms with Crippen LogP contribution in [-0.4, -0.2) is 40.8 Å². The van der Waals surface area contributed by atoms with Crippen LogP contribution in [0, 0.1) is 0 Å². The van der Waals surface area contributed by atoms with Gasteiger partial charge in [0.2, 0.25) is 5.78 Å². The Morgan fingerprint density at radius 3 is 3.12 bits per heavy atom. The summed E-state index contributed by atoms with van der Waals surface area (Å²) in [5.41, 5.74) is 0. The summed E-state index contributed by atoms with van der Waals surface area (Å²) < 4.78 is 5.12. The van der Waals surface area contributed by atoms with E-state index in [1.54, 1.807) is 18.4 Å². The smallest absolute Gasteiger partial charge is 0.211 e. The van der Waals surface area contributed by atoms with Crippen molar-refractivity contribution in [3.63, 3.8) is 0 Å². The van der Waals surface area contributed by atoms with Gasteiger partial charge >= 0.3 is 0 Å². The average Bonchev–Trinajstić information content (AvgIpc) is 2.78. The van der Waals surface area contributed by atoms with E-state index in [1.165, 1.54) is 0 Å². The Kier molecular flexibility index (Phi) is 3.71. The summed E-state index contributed by atoms with van der Waals surface area (Å²) in [6.45, 7) is 5.87. The molecule has 0 amide bonds. The predicted octanol–water partition coefficient (Wildman–Crippen LogP) is 2.29. The van der Waals surface area contributed by atoms with E-state index >= 15 is 0 Å². The topological polar surface area (TPSA) is 33.5 Å². The number of thioether (sulfide) groups is 1. The lowest BCUT2D eigenvalue weighted by molar-refractivity contribution is 0.0874. The third-order valence-electron chi connectivity index (χ3n) is 3.16. The number of hydrogen-bond donors (Lipinski definition) is 0. The van der Waals surface area contributed by atoms with Crippen molar-refractivity contribution in [1.29, 1.82) is 0 Å². The second-order valence-corrected chi connectivity index (χ2v) is 5.67. The van der Waals surface area contributed by atoms with E-state index in [1.807, 2.05) is 11.8 Å². The number of hydrogen-bond acceptors (Lipinski definition) is 4. The van der Waals surface area contributed by atoms with E-state index in [0.29, 0.717) is 23.6 Å². The minimum absolute atomic E-state index is 0.0796. The highest BCUT2D eigenvalue weighted by Crippen LogP contribution is 2.24. The molecule has 0 N–H and O–H groups in total. The second-order valence-electron chi connectivity index (χ2n) is 4.19. The first-order valence-corrected chi connectivity index (χ1v) is 6.65. The van der Waals surface area contributed by atoms with Crippen molar-refractivity contribution < 1.29 is 9.21 Å². The number of Topliss-reactive ketones (excluding diaryl/α,β-unsaturated/α-hetero) is 1. The normalized spacial score (nSPS) is 26.9. The number of carbonyl (C=O) groups excluding carboxylic acids is 1. The molecule has 1 saturated heterocycles. The van der Waals surface area contributed by atoms with Gasteiger partial charge in [-0.05, 0) is 19.1 Å². The fraction of sp³-hybridized carbons (Fsp3) is 0.583. The molecule has 0 aromatic carbocycles. The third-order valence-corrected chi connectivity index (χ3v) is 4.50. The molecule has 88 valence electrons. The van der Waals surface area contributed by atoms with Crippen LogP contribution in [0.3, 0.4) is 0 Å². The number of carbonyl (C=O) groups is 1. The molecule has 1 fully saturated rings. The summed E-state index contributed by atoms with van der Waals surface area (Å²) in [6.07, 6.45) is 1.55. The van der Waals surface area contributed by atoms with E-state index in [0.717, 1.165) is 12.3 Å². The van der Waals surface area contributed by atoms with E-state index in [4.69, 9.17) is 4.42 Å². The zero-order chi connectivity index (χ0) is 11.5. The summed E-state index contributed by atoms with van der Waals surface area (Å²) in [6, 6.07) is 3.94. The number of ketones is 1. The molecule has 0 bridgehead atoms. The lowest BCUT2D eigenvalue weighted by Gasteiger charge is -2.36. The number of rotatable bonds is 3. The van der Waals surface area contributed by atoms with Crippen molar-refractivity contribution in [2.45, 2.75) is 25.1 Å². The molecule has 0 spiro atoms. The standard InChI is InChI=1S/C12H17NO2S/c1-9-10(2)16-7-5-13(9)8-11(14)12-4-3-6-15-12/h3-4,6,9-10H,5,7-8H2,1-2H3. The van der Waals surface area contributed by atoms with Crippen LogP contribution in [0.5, 0.6) is 0 Å². The molecule has 1 aromatic heterocycles. The number of furan rings is 1. The molecule has 2 heterocycles. The minimum atomic E-state index is 0.0796. The zero-order valence-corrected chi connectivity index (χ0v) is 10.5. The molecule has 0 saturated carbocycles. The van der Waals surface area contributed by atoms with Gasteiger partial charge in [0.05, 0.1) is 12.8 Å². The highest BCUT2D eigenvalue weighted by atomic mass is 32.2. The Morgan fingerprint density at radius 2 is 2.44 bits per heavy atom. The molecule has 3 nitrogen and oxygen atoms in total. The van der Waals surface area contributed by atoms with E-state index in [9.17, 15) is 4.79 Å². The van der Waals surface area contributed by atoms with Crippen molar-refractivity contribution in [3.8, 4) is 0 Å². The maximum Gasteiger partial charge on any atom is 0.211 e. The molecule has 1 aliphatic rings. The van der Waals surface area contributed by atoms with Gasteiger partial charge in [0.25, 0.3) is 0 Å². The quantitative estimate of drug-likeness (QED) is 0.758. The molecule has 0 aliphatic carbocycles. The number of nitrogens with zero attached hydrogens (tertiary/aromatic N) is 1. The lowest BCUT2D eigenvalue weighted by atomic mass is 10.2. The minimum Gasteiger partial charge on any atom is -0.461 e. The highest BCUT2D eigenvalue weighted by molar-refractivity contribution is 8.00. The van der Waals surface area contributed by atoms with Gasteiger partial charge in [-0.15, -0.1) is 0 Å². The van der Waals surface area contributed by atoms with Crippen LogP contribution in [0.25, 0.3) is 0 Å². The molecule has 2 unspecified atom stereocenters. The summed E-state index contributed by atoms with van der Waals surface area (Å²) in [4.78, 5) is 14.1. The Labute approximate surface area is 100 Å². The van der Waals surface area contributed by atoms with Crippen LogP contribution in [-0.2, 0) is 0 Å². The van der Waals surface area contributed by atoms with Gasteiger partial charge in [-0.2, -0.15) is 11.8 Å². The molecule has 2 rings (SSSR count). The van der Waals surface area contributed by atoms with Gasteiger partial charge in [0.15, 0.2) is 5.76 Å². The monoisotopic (exact) mass is 239 g/mol. The Morgan fingerprint density at radius 1 is 1.62 bits per heavy atom. The van der Waals surface area contributed by atoms with Gasteiger partial charge in [0.1, 0.15) is 0 Å². The maximum atomic E-state index is 11.9. The van der Waals surface area contributed by atoms with Gasteiger partial charge in [-0.1, -0.05) is 6.92 Å². The molecule has 0 radical (unpaired) electrons. The van der Waals surface area contributed by atoms with E-state index in [2.05, 4.69) is 18.7 Å². The van der Waals surface area contributed by atoms with Crippen molar-refractivity contribution >= 4 is 17.5 Å². The third kappa shape index (κ3) is 2.50. The summed E-state index contributed by atoms with van der Waals surface area (Å²) in [5, 5.41) is 0.596. The average molecular weight is 239 g/mol. The van der Waals surface area contributed by atoms with Gasteiger partial charge < -0.3 is 4.42 Å². The second kappa shape index (κ2) is 5.06. The SMILES string of the molecule is CC1SCCN(CC(=O)c2ccco2)C1C. The van der Waals surface area contributed by atoms with Crippen LogP contribution in [0.2, 0.25) is 0 Å². The van der Waals surface area contributed by atoms with E-state index in [-0.39, 0.29) is 5.78 Å². The Hall–Kier alpha value is -0.740. The molecule has 4 heteroatoms. The fourth-order valence-corrected chi connectivity index (χ4v) is 3.08. The first-order valence-electron chi connectivity index (χ1n) is 5.61. The summed E-state index contributed by atoms with van der Waals surface area (Å²) in [7, 11) is 0. The summed E-state index contributed by atoms with van der Waals surface area (Å²) >= 11 is 1.98. The van der Waals surface area contributed by atoms with Crippen LogP contribution < -0.4 is 0 Å². The zero-order valence-electron chi connectivity index (χ0n) is 9.68. The predicted molar refractivity (Wildman–Crippen MR) is 66.0 cm³/mol. The van der Waals surface area contributed by atoms with Crippen molar-refractivity contribution in [1.82, 2.24) is 4.90 Å². The highest BCUT2D eigenvalue weighted by Gasteiger charge is 2.27. The fourth-order valence-electron chi connectivity index (χ4n) is 1.92. The van der Waals surface area contributed by atoms with E-state index < -0.39 is 0 Å².